The predicted octanol–water partition coefficient (Wildman–Crippen LogP) is 0.879. The summed E-state index contributed by atoms with van der Waals surface area (Å²) in [7, 11) is 1.80. The molecule has 3 rings (SSSR count). The molecule has 0 aromatic carbocycles. The van der Waals surface area contributed by atoms with Crippen LogP contribution < -0.4 is 5.32 Å². The highest BCUT2D eigenvalue weighted by Gasteiger charge is 2.32. The topological polar surface area (TPSA) is 39.1 Å². The molecule has 0 atom stereocenters. The third-order valence-corrected chi connectivity index (χ3v) is 3.61. The minimum Gasteiger partial charge on any atom is -0.381 e. The van der Waals surface area contributed by atoms with Crippen molar-refractivity contribution >= 4 is 0 Å². The van der Waals surface area contributed by atoms with Gasteiger partial charge in [0.05, 0.1) is 18.1 Å². The fourth-order valence-electron chi connectivity index (χ4n) is 2.53. The van der Waals surface area contributed by atoms with Gasteiger partial charge in [-0.1, -0.05) is 0 Å². The summed E-state index contributed by atoms with van der Waals surface area (Å²) in [6.07, 6.45) is 5.88. The molecule has 0 unspecified atom stereocenters. The second-order valence-corrected chi connectivity index (χ2v) is 4.45. The number of rotatable bonds is 2. The summed E-state index contributed by atoms with van der Waals surface area (Å²) in [5, 5.41) is 3.35. The molecule has 0 amide bonds. The number of hydrogen-bond acceptors (Lipinski definition) is 3. The number of nitrogens with one attached hydrogen (secondary N) is 1. The summed E-state index contributed by atoms with van der Waals surface area (Å²) in [5.74, 6) is 0. The van der Waals surface area contributed by atoms with Crippen LogP contribution in [0.3, 0.4) is 0 Å². The van der Waals surface area contributed by atoms with Crippen molar-refractivity contribution in [2.75, 3.05) is 13.7 Å². The quantitative estimate of drug-likeness (QED) is 0.782. The van der Waals surface area contributed by atoms with Crippen LogP contribution in [0.2, 0.25) is 0 Å². The van der Waals surface area contributed by atoms with Crippen molar-refractivity contribution in [3.05, 3.63) is 17.7 Å². The monoisotopic (exact) mass is 207 g/mol. The van der Waals surface area contributed by atoms with Crippen LogP contribution in [0.1, 0.15) is 30.3 Å². The van der Waals surface area contributed by atoms with Gasteiger partial charge >= 0.3 is 0 Å². The zero-order valence-corrected chi connectivity index (χ0v) is 9.07. The van der Waals surface area contributed by atoms with Crippen molar-refractivity contribution in [3.8, 4) is 0 Å². The fraction of sp³-hybridized carbons (Fsp3) is 0.727. The molecule has 1 N–H and O–H groups in total. The van der Waals surface area contributed by atoms with E-state index in [-0.39, 0.29) is 0 Å². The minimum atomic E-state index is 0.467. The van der Waals surface area contributed by atoms with Crippen molar-refractivity contribution in [2.45, 2.75) is 38.0 Å². The first kappa shape index (κ1) is 9.36. The Morgan fingerprint density at radius 1 is 1.53 bits per heavy atom. The largest absolute Gasteiger partial charge is 0.381 e. The second-order valence-electron chi connectivity index (χ2n) is 4.45. The Kier molecular flexibility index (Phi) is 2.25. The molecule has 1 aromatic heterocycles. The maximum Gasteiger partial charge on any atom is 0.0954 e. The molecule has 2 aliphatic rings. The van der Waals surface area contributed by atoms with Crippen molar-refractivity contribution < 1.29 is 4.74 Å². The van der Waals surface area contributed by atoms with Crippen LogP contribution in [0.4, 0.5) is 0 Å². The first-order chi connectivity index (χ1) is 7.38. The summed E-state index contributed by atoms with van der Waals surface area (Å²) >= 11 is 0. The van der Waals surface area contributed by atoms with Crippen LogP contribution in [0.25, 0.3) is 0 Å². The van der Waals surface area contributed by atoms with Crippen LogP contribution in [0.15, 0.2) is 6.33 Å². The maximum atomic E-state index is 5.31. The van der Waals surface area contributed by atoms with Crippen LogP contribution in [0.5, 0.6) is 0 Å². The lowest BCUT2D eigenvalue weighted by Gasteiger charge is -2.36. The van der Waals surface area contributed by atoms with E-state index in [1.54, 1.807) is 7.11 Å². The number of fused-ring (bicyclic) bond motifs is 1. The zero-order chi connectivity index (χ0) is 10.3. The Hall–Kier alpha value is -0.870. The molecule has 1 fully saturated rings. The standard InChI is InChI=1S/C11H17N3O/c1-15-9-4-8(5-9)14-7-13-10-6-12-3-2-11(10)14/h7-9,12H,2-6H2,1H3. The smallest absolute Gasteiger partial charge is 0.0954 e. The van der Waals surface area contributed by atoms with E-state index in [0.29, 0.717) is 12.1 Å². The first-order valence-electron chi connectivity index (χ1n) is 5.66. The highest BCUT2D eigenvalue weighted by atomic mass is 16.5. The highest BCUT2D eigenvalue weighted by Crippen LogP contribution is 2.35. The highest BCUT2D eigenvalue weighted by molar-refractivity contribution is 5.18. The van der Waals surface area contributed by atoms with Crippen molar-refractivity contribution in [2.24, 2.45) is 0 Å². The summed E-state index contributed by atoms with van der Waals surface area (Å²) < 4.78 is 7.68. The second kappa shape index (κ2) is 3.61. The Balaban J connectivity index is 1.78. The first-order valence-corrected chi connectivity index (χ1v) is 5.66. The maximum absolute atomic E-state index is 5.31. The van der Waals surface area contributed by atoms with Crippen LogP contribution >= 0.6 is 0 Å². The van der Waals surface area contributed by atoms with Gasteiger partial charge in [-0.2, -0.15) is 0 Å². The Morgan fingerprint density at radius 3 is 3.20 bits per heavy atom. The fourth-order valence-corrected chi connectivity index (χ4v) is 2.53. The molecule has 1 aromatic rings. The van der Waals surface area contributed by atoms with Gasteiger partial charge in [0.15, 0.2) is 0 Å². The van der Waals surface area contributed by atoms with E-state index in [1.807, 2.05) is 6.33 Å². The Morgan fingerprint density at radius 2 is 2.40 bits per heavy atom. The number of imidazole rings is 1. The number of methoxy groups -OCH3 is 1. The van der Waals surface area contributed by atoms with Gasteiger partial charge in [-0.3, -0.25) is 0 Å². The number of nitrogens with zero attached hydrogens (tertiary/aromatic N) is 2. The third-order valence-electron chi connectivity index (χ3n) is 3.61. The van der Waals surface area contributed by atoms with Crippen LogP contribution in [0, 0.1) is 0 Å². The molecule has 4 nitrogen and oxygen atoms in total. The van der Waals surface area contributed by atoms with Crippen LogP contribution in [-0.4, -0.2) is 29.3 Å². The SMILES string of the molecule is COC1CC(n2cnc3c2CCNC3)C1. The Labute approximate surface area is 89.6 Å². The normalized spacial score (nSPS) is 29.7. The zero-order valence-electron chi connectivity index (χ0n) is 9.07. The lowest BCUT2D eigenvalue weighted by atomic mass is 9.88. The van der Waals surface area contributed by atoms with Crippen molar-refractivity contribution in [1.82, 2.24) is 14.9 Å². The lowest BCUT2D eigenvalue weighted by Crippen LogP contribution is -2.34. The summed E-state index contributed by atoms with van der Waals surface area (Å²) in [5.41, 5.74) is 2.68. The molecular formula is C11H17N3O. The van der Waals surface area contributed by atoms with Gasteiger partial charge in [-0.05, 0) is 12.8 Å². The third kappa shape index (κ3) is 1.48. The summed E-state index contributed by atoms with van der Waals surface area (Å²) in [4.78, 5) is 4.47. The van der Waals surface area contributed by atoms with Gasteiger partial charge in [0.1, 0.15) is 0 Å². The van der Waals surface area contributed by atoms with Gasteiger partial charge in [-0.25, -0.2) is 4.98 Å². The summed E-state index contributed by atoms with van der Waals surface area (Å²) in [6, 6.07) is 0.629. The van der Waals surface area contributed by atoms with Gasteiger partial charge in [0, 0.05) is 38.4 Å². The minimum absolute atomic E-state index is 0.467. The lowest BCUT2D eigenvalue weighted by molar-refractivity contribution is 0.00535. The molecule has 0 saturated heterocycles. The molecule has 1 aliphatic carbocycles. The number of ether oxygens (including phenoxy) is 1. The molecule has 2 heterocycles. The van der Waals surface area contributed by atoms with E-state index < -0.39 is 0 Å². The number of hydrogen-bond donors (Lipinski definition) is 1. The molecule has 82 valence electrons. The van der Waals surface area contributed by atoms with Crippen molar-refractivity contribution in [1.29, 1.82) is 0 Å². The summed E-state index contributed by atoms with van der Waals surface area (Å²) in [6.45, 7) is 2.02. The van der Waals surface area contributed by atoms with Gasteiger partial charge in [-0.15, -0.1) is 0 Å². The van der Waals surface area contributed by atoms with E-state index in [1.165, 1.54) is 11.4 Å². The van der Waals surface area contributed by atoms with E-state index in [9.17, 15) is 0 Å². The van der Waals surface area contributed by atoms with Gasteiger partial charge in [0.2, 0.25) is 0 Å². The van der Waals surface area contributed by atoms with E-state index in [0.717, 1.165) is 32.4 Å². The Bertz CT molecular complexity index is 355. The molecule has 0 spiro atoms. The average molecular weight is 207 g/mol. The molecule has 0 bridgehead atoms. The van der Waals surface area contributed by atoms with Gasteiger partial charge < -0.3 is 14.6 Å². The molecular weight excluding hydrogens is 190 g/mol. The average Bonchev–Trinajstić information content (AvgIpc) is 2.61. The number of aromatic nitrogens is 2. The van der Waals surface area contributed by atoms with E-state index in [4.69, 9.17) is 4.74 Å². The molecule has 0 radical (unpaired) electrons. The van der Waals surface area contributed by atoms with E-state index >= 15 is 0 Å². The molecule has 15 heavy (non-hydrogen) atoms. The van der Waals surface area contributed by atoms with Crippen LogP contribution in [-0.2, 0) is 17.7 Å². The molecule has 1 saturated carbocycles. The van der Waals surface area contributed by atoms with E-state index in [2.05, 4.69) is 14.9 Å². The van der Waals surface area contributed by atoms with Gasteiger partial charge in [0.25, 0.3) is 0 Å². The molecule has 4 heteroatoms. The molecule has 1 aliphatic heterocycles. The van der Waals surface area contributed by atoms with Crippen molar-refractivity contribution in [3.63, 3.8) is 0 Å². The predicted molar refractivity (Wildman–Crippen MR) is 56.7 cm³/mol.